The normalized spacial score (nSPS) is 20.8. The summed E-state index contributed by atoms with van der Waals surface area (Å²) in [5.41, 5.74) is 10.9. The van der Waals surface area contributed by atoms with Crippen molar-refractivity contribution in [3.8, 4) is 0 Å². The minimum atomic E-state index is -0.293. The standard InChI is InChI=1S/C14H27N3O2/c1-10(2)11(5-7-15)3-4-13(18)17-8-6-12(9-17)14(16)19/h10-12H,3-9,15H2,1-2H3,(H2,16,19). The van der Waals surface area contributed by atoms with Crippen molar-refractivity contribution >= 4 is 11.8 Å². The predicted molar refractivity (Wildman–Crippen MR) is 75.1 cm³/mol. The molecule has 2 unspecified atom stereocenters. The van der Waals surface area contributed by atoms with Crippen LogP contribution in [-0.4, -0.2) is 36.3 Å². The molecule has 1 aliphatic rings. The summed E-state index contributed by atoms with van der Waals surface area (Å²) in [6.45, 7) is 6.17. The van der Waals surface area contributed by atoms with Crippen molar-refractivity contribution in [3.63, 3.8) is 0 Å². The molecule has 1 heterocycles. The van der Waals surface area contributed by atoms with Crippen LogP contribution in [0.25, 0.3) is 0 Å². The van der Waals surface area contributed by atoms with Gasteiger partial charge in [-0.3, -0.25) is 9.59 Å². The third-order valence-corrected chi connectivity index (χ3v) is 4.15. The van der Waals surface area contributed by atoms with Gasteiger partial charge in [-0.2, -0.15) is 0 Å². The van der Waals surface area contributed by atoms with Crippen molar-refractivity contribution in [1.29, 1.82) is 0 Å². The van der Waals surface area contributed by atoms with E-state index in [-0.39, 0.29) is 17.7 Å². The van der Waals surface area contributed by atoms with Gasteiger partial charge in [-0.15, -0.1) is 0 Å². The maximum atomic E-state index is 12.1. The van der Waals surface area contributed by atoms with Crippen LogP contribution in [0, 0.1) is 17.8 Å². The molecule has 0 spiro atoms. The van der Waals surface area contributed by atoms with Crippen molar-refractivity contribution in [2.75, 3.05) is 19.6 Å². The number of hydrogen-bond acceptors (Lipinski definition) is 3. The first-order chi connectivity index (χ1) is 8.95. The van der Waals surface area contributed by atoms with Crippen LogP contribution >= 0.6 is 0 Å². The minimum absolute atomic E-state index is 0.145. The molecule has 1 aliphatic heterocycles. The van der Waals surface area contributed by atoms with Gasteiger partial charge in [0.05, 0.1) is 5.92 Å². The SMILES string of the molecule is CC(C)C(CCN)CCC(=O)N1CCC(C(N)=O)C1. The molecule has 0 bridgehead atoms. The van der Waals surface area contributed by atoms with Crippen LogP contribution in [0.3, 0.4) is 0 Å². The molecule has 19 heavy (non-hydrogen) atoms. The lowest BCUT2D eigenvalue weighted by atomic mass is 9.88. The van der Waals surface area contributed by atoms with Gasteiger partial charge in [-0.25, -0.2) is 0 Å². The molecule has 0 aliphatic carbocycles. The molecule has 0 aromatic rings. The van der Waals surface area contributed by atoms with Crippen molar-refractivity contribution < 1.29 is 9.59 Å². The largest absolute Gasteiger partial charge is 0.369 e. The second-order valence-corrected chi connectivity index (χ2v) is 5.85. The molecule has 4 N–H and O–H groups in total. The Morgan fingerprint density at radius 3 is 2.47 bits per heavy atom. The van der Waals surface area contributed by atoms with E-state index in [1.807, 2.05) is 0 Å². The van der Waals surface area contributed by atoms with Crippen LogP contribution in [0.1, 0.15) is 39.5 Å². The molecule has 1 saturated heterocycles. The minimum Gasteiger partial charge on any atom is -0.369 e. The predicted octanol–water partition coefficient (Wildman–Crippen LogP) is 0.721. The fourth-order valence-corrected chi connectivity index (χ4v) is 2.71. The van der Waals surface area contributed by atoms with E-state index in [0.717, 1.165) is 12.8 Å². The molecule has 2 atom stereocenters. The second kappa shape index (κ2) is 7.48. The highest BCUT2D eigenvalue weighted by atomic mass is 16.2. The first-order valence-corrected chi connectivity index (χ1v) is 7.22. The molecule has 0 saturated carbocycles. The lowest BCUT2D eigenvalue weighted by Crippen LogP contribution is -2.32. The van der Waals surface area contributed by atoms with Crippen molar-refractivity contribution in [3.05, 3.63) is 0 Å². The van der Waals surface area contributed by atoms with E-state index in [2.05, 4.69) is 13.8 Å². The zero-order chi connectivity index (χ0) is 14.4. The summed E-state index contributed by atoms with van der Waals surface area (Å²) in [4.78, 5) is 24.9. The number of carbonyl (C=O) groups excluding carboxylic acids is 2. The van der Waals surface area contributed by atoms with Crippen molar-refractivity contribution in [2.24, 2.45) is 29.2 Å². The average Bonchev–Trinajstić information content (AvgIpc) is 2.83. The summed E-state index contributed by atoms with van der Waals surface area (Å²) >= 11 is 0. The van der Waals surface area contributed by atoms with Crippen molar-refractivity contribution in [1.82, 2.24) is 4.90 Å². The monoisotopic (exact) mass is 269 g/mol. The van der Waals surface area contributed by atoms with Gasteiger partial charge in [0.1, 0.15) is 0 Å². The summed E-state index contributed by atoms with van der Waals surface area (Å²) in [7, 11) is 0. The van der Waals surface area contributed by atoms with Gasteiger partial charge < -0.3 is 16.4 Å². The Bertz CT molecular complexity index is 318. The summed E-state index contributed by atoms with van der Waals surface area (Å²) in [5, 5.41) is 0. The van der Waals surface area contributed by atoms with Gasteiger partial charge in [0.15, 0.2) is 0 Å². The Hall–Kier alpha value is -1.10. The summed E-state index contributed by atoms with van der Waals surface area (Å²) < 4.78 is 0. The zero-order valence-corrected chi connectivity index (χ0v) is 12.1. The molecule has 0 radical (unpaired) electrons. The molecular weight excluding hydrogens is 242 g/mol. The highest BCUT2D eigenvalue weighted by Crippen LogP contribution is 2.22. The first kappa shape index (κ1) is 16.0. The smallest absolute Gasteiger partial charge is 0.222 e. The average molecular weight is 269 g/mol. The summed E-state index contributed by atoms with van der Waals surface area (Å²) in [6.07, 6.45) is 3.10. The van der Waals surface area contributed by atoms with Crippen LogP contribution in [-0.2, 0) is 9.59 Å². The molecular formula is C14H27N3O2. The Morgan fingerprint density at radius 1 is 1.32 bits per heavy atom. The second-order valence-electron chi connectivity index (χ2n) is 5.85. The van der Waals surface area contributed by atoms with Crippen LogP contribution in [0.4, 0.5) is 0 Å². The van der Waals surface area contributed by atoms with Crippen LogP contribution in [0.2, 0.25) is 0 Å². The number of rotatable bonds is 7. The fraction of sp³-hybridized carbons (Fsp3) is 0.857. The van der Waals surface area contributed by atoms with Gasteiger partial charge >= 0.3 is 0 Å². The van der Waals surface area contributed by atoms with Gasteiger partial charge in [0.2, 0.25) is 11.8 Å². The lowest BCUT2D eigenvalue weighted by molar-refractivity contribution is -0.130. The molecule has 5 heteroatoms. The number of likely N-dealkylation sites (tertiary alicyclic amines) is 1. The Morgan fingerprint density at radius 2 is 2.00 bits per heavy atom. The van der Waals surface area contributed by atoms with E-state index in [0.29, 0.717) is 44.3 Å². The van der Waals surface area contributed by atoms with E-state index in [4.69, 9.17) is 11.5 Å². The topological polar surface area (TPSA) is 89.4 Å². The third kappa shape index (κ3) is 4.82. The van der Waals surface area contributed by atoms with E-state index in [1.54, 1.807) is 4.90 Å². The number of carbonyl (C=O) groups is 2. The number of amides is 2. The number of hydrogen-bond donors (Lipinski definition) is 2. The Labute approximate surface area is 115 Å². The van der Waals surface area contributed by atoms with Gasteiger partial charge in [0, 0.05) is 19.5 Å². The molecule has 110 valence electrons. The Balaban J connectivity index is 2.37. The molecule has 0 aromatic heterocycles. The third-order valence-electron chi connectivity index (χ3n) is 4.15. The lowest BCUT2D eigenvalue weighted by Gasteiger charge is -2.22. The quantitative estimate of drug-likeness (QED) is 0.713. The number of primary amides is 1. The number of nitrogens with two attached hydrogens (primary N) is 2. The molecule has 0 aromatic carbocycles. The maximum Gasteiger partial charge on any atom is 0.222 e. The molecule has 2 amide bonds. The zero-order valence-electron chi connectivity index (χ0n) is 12.1. The van der Waals surface area contributed by atoms with Gasteiger partial charge in [0.25, 0.3) is 0 Å². The van der Waals surface area contributed by atoms with Crippen LogP contribution in [0.15, 0.2) is 0 Å². The van der Waals surface area contributed by atoms with Gasteiger partial charge in [-0.1, -0.05) is 13.8 Å². The molecule has 5 nitrogen and oxygen atoms in total. The van der Waals surface area contributed by atoms with Crippen LogP contribution in [0.5, 0.6) is 0 Å². The fourth-order valence-electron chi connectivity index (χ4n) is 2.71. The molecule has 1 rings (SSSR count). The van der Waals surface area contributed by atoms with Crippen molar-refractivity contribution in [2.45, 2.75) is 39.5 Å². The maximum absolute atomic E-state index is 12.1. The Kier molecular flexibility index (Phi) is 6.28. The van der Waals surface area contributed by atoms with Gasteiger partial charge in [-0.05, 0) is 37.6 Å². The first-order valence-electron chi connectivity index (χ1n) is 7.22. The van der Waals surface area contributed by atoms with E-state index in [9.17, 15) is 9.59 Å². The van der Waals surface area contributed by atoms with E-state index in [1.165, 1.54) is 0 Å². The highest BCUT2D eigenvalue weighted by molar-refractivity contribution is 5.81. The van der Waals surface area contributed by atoms with Crippen LogP contribution < -0.4 is 11.5 Å². The molecule has 1 fully saturated rings. The van der Waals surface area contributed by atoms with E-state index >= 15 is 0 Å². The van der Waals surface area contributed by atoms with E-state index < -0.39 is 0 Å². The summed E-state index contributed by atoms with van der Waals surface area (Å²) in [5.74, 6) is 0.746. The summed E-state index contributed by atoms with van der Waals surface area (Å²) in [6, 6.07) is 0. The number of nitrogens with zero attached hydrogens (tertiary/aromatic N) is 1. The highest BCUT2D eigenvalue weighted by Gasteiger charge is 2.29.